The molecule has 0 spiro atoms. The highest BCUT2D eigenvalue weighted by molar-refractivity contribution is 6.08. The van der Waals surface area contributed by atoms with Crippen molar-refractivity contribution < 1.29 is 9.90 Å². The van der Waals surface area contributed by atoms with Crippen molar-refractivity contribution in [1.82, 2.24) is 9.88 Å². The first-order chi connectivity index (χ1) is 9.63. The summed E-state index contributed by atoms with van der Waals surface area (Å²) in [6.07, 6.45) is 2.48. The third kappa shape index (κ3) is 3.26. The zero-order chi connectivity index (χ0) is 14.5. The predicted molar refractivity (Wildman–Crippen MR) is 81.0 cm³/mol. The number of hydrogen-bond acceptors (Lipinski definition) is 3. The number of carbonyl (C=O) groups excluding carboxylic acids is 1. The molecule has 0 fully saturated rings. The number of aliphatic hydroxyl groups excluding tert-OH is 1. The van der Waals surface area contributed by atoms with Crippen LogP contribution in [-0.4, -0.2) is 46.5 Å². The van der Waals surface area contributed by atoms with Crippen molar-refractivity contribution in [3.8, 4) is 0 Å². The second kappa shape index (κ2) is 6.68. The molecule has 4 heteroatoms. The van der Waals surface area contributed by atoms with Gasteiger partial charge in [0.2, 0.25) is 0 Å². The van der Waals surface area contributed by atoms with Crippen molar-refractivity contribution in [3.05, 3.63) is 36.0 Å². The number of ketones is 1. The number of rotatable bonds is 7. The van der Waals surface area contributed by atoms with Crippen LogP contribution in [-0.2, 0) is 0 Å². The summed E-state index contributed by atoms with van der Waals surface area (Å²) < 4.78 is 0. The van der Waals surface area contributed by atoms with Crippen molar-refractivity contribution in [2.75, 3.05) is 19.7 Å². The highest BCUT2D eigenvalue weighted by Crippen LogP contribution is 2.18. The summed E-state index contributed by atoms with van der Waals surface area (Å²) in [5, 5.41) is 9.92. The Hall–Kier alpha value is -1.65. The smallest absolute Gasteiger partial charge is 0.178 e. The summed E-state index contributed by atoms with van der Waals surface area (Å²) in [6.45, 7) is 5.42. The zero-order valence-electron chi connectivity index (χ0n) is 12.1. The number of fused-ring (bicyclic) bond motifs is 1. The Morgan fingerprint density at radius 1 is 1.35 bits per heavy atom. The first kappa shape index (κ1) is 14.8. The maximum Gasteiger partial charge on any atom is 0.178 e. The Morgan fingerprint density at radius 3 is 2.80 bits per heavy atom. The maximum atomic E-state index is 12.5. The zero-order valence-corrected chi connectivity index (χ0v) is 12.1. The van der Waals surface area contributed by atoms with E-state index in [1.807, 2.05) is 24.3 Å². The Bertz CT molecular complexity index is 575. The van der Waals surface area contributed by atoms with Gasteiger partial charge in [-0.1, -0.05) is 18.2 Å². The lowest BCUT2D eigenvalue weighted by atomic mass is 10.1. The van der Waals surface area contributed by atoms with E-state index in [1.165, 1.54) is 0 Å². The fraction of sp³-hybridized carbons (Fsp3) is 0.438. The molecule has 0 saturated heterocycles. The van der Waals surface area contributed by atoms with Crippen LogP contribution in [0.2, 0.25) is 0 Å². The molecule has 0 aliphatic carbocycles. The first-order valence-corrected chi connectivity index (χ1v) is 7.07. The normalized spacial score (nSPS) is 11.7. The monoisotopic (exact) mass is 274 g/mol. The summed E-state index contributed by atoms with van der Waals surface area (Å²) in [5.74, 6) is 0.120. The van der Waals surface area contributed by atoms with E-state index >= 15 is 0 Å². The number of carbonyl (C=O) groups is 1. The Kier molecular flexibility index (Phi) is 4.93. The van der Waals surface area contributed by atoms with Gasteiger partial charge in [-0.15, -0.1) is 0 Å². The number of aromatic nitrogens is 1. The van der Waals surface area contributed by atoms with Crippen LogP contribution < -0.4 is 0 Å². The van der Waals surface area contributed by atoms with Gasteiger partial charge in [-0.05, 0) is 26.3 Å². The summed E-state index contributed by atoms with van der Waals surface area (Å²) in [7, 11) is 0. The molecule has 0 bridgehead atoms. The van der Waals surface area contributed by atoms with Crippen molar-refractivity contribution in [2.24, 2.45) is 0 Å². The van der Waals surface area contributed by atoms with Crippen LogP contribution in [0.1, 0.15) is 30.6 Å². The van der Waals surface area contributed by atoms with E-state index in [1.54, 1.807) is 6.20 Å². The summed E-state index contributed by atoms with van der Waals surface area (Å²) in [6, 6.07) is 8.12. The molecule has 0 unspecified atom stereocenters. The van der Waals surface area contributed by atoms with Crippen LogP contribution in [0.5, 0.6) is 0 Å². The van der Waals surface area contributed by atoms with Gasteiger partial charge in [-0.3, -0.25) is 9.69 Å². The molecule has 1 heterocycles. The number of benzene rings is 1. The largest absolute Gasteiger partial charge is 0.396 e. The highest BCUT2D eigenvalue weighted by atomic mass is 16.3. The molecule has 4 nitrogen and oxygen atoms in total. The van der Waals surface area contributed by atoms with Crippen molar-refractivity contribution in [1.29, 1.82) is 0 Å². The lowest BCUT2D eigenvalue weighted by molar-refractivity contribution is 0.0898. The van der Waals surface area contributed by atoms with Gasteiger partial charge < -0.3 is 10.1 Å². The topological polar surface area (TPSA) is 56.3 Å². The molecule has 0 aliphatic heterocycles. The second-order valence-electron chi connectivity index (χ2n) is 5.31. The van der Waals surface area contributed by atoms with E-state index in [0.29, 0.717) is 13.0 Å². The molecule has 1 aromatic carbocycles. The van der Waals surface area contributed by atoms with Gasteiger partial charge in [0, 0.05) is 41.9 Å². The van der Waals surface area contributed by atoms with Gasteiger partial charge in [0.25, 0.3) is 0 Å². The number of para-hydroxylation sites is 1. The van der Waals surface area contributed by atoms with Gasteiger partial charge in [-0.25, -0.2) is 0 Å². The first-order valence-electron chi connectivity index (χ1n) is 7.07. The molecule has 108 valence electrons. The van der Waals surface area contributed by atoms with Gasteiger partial charge >= 0.3 is 0 Å². The molecule has 2 N–H and O–H groups in total. The number of Topliss-reactive ketones (excluding diaryl/α,β-unsaturated/α-hetero) is 1. The van der Waals surface area contributed by atoms with Crippen LogP contribution in [0.15, 0.2) is 30.5 Å². The number of hydrogen-bond donors (Lipinski definition) is 2. The van der Waals surface area contributed by atoms with Crippen LogP contribution in [0.4, 0.5) is 0 Å². The van der Waals surface area contributed by atoms with Crippen molar-refractivity contribution >= 4 is 16.7 Å². The fourth-order valence-electron chi connectivity index (χ4n) is 2.37. The minimum Gasteiger partial charge on any atom is -0.396 e. The number of nitrogens with zero attached hydrogens (tertiary/aromatic N) is 1. The number of H-pyrrole nitrogens is 1. The molecule has 2 rings (SSSR count). The van der Waals surface area contributed by atoms with E-state index < -0.39 is 0 Å². The molecule has 20 heavy (non-hydrogen) atoms. The quantitative estimate of drug-likeness (QED) is 0.762. The van der Waals surface area contributed by atoms with Crippen LogP contribution in [0, 0.1) is 0 Å². The molecule has 0 amide bonds. The molecular weight excluding hydrogens is 252 g/mol. The molecule has 0 aliphatic rings. The third-order valence-corrected chi connectivity index (χ3v) is 3.57. The van der Waals surface area contributed by atoms with Crippen LogP contribution in [0.3, 0.4) is 0 Å². The fourth-order valence-corrected chi connectivity index (χ4v) is 2.37. The average Bonchev–Trinajstić information content (AvgIpc) is 2.87. The number of aliphatic hydroxyl groups is 1. The minimum absolute atomic E-state index is 0.120. The molecular formula is C16H22N2O2. The SMILES string of the molecule is CC(C)N(CCCO)CC(=O)c1c[nH]c2ccccc12. The summed E-state index contributed by atoms with van der Waals surface area (Å²) in [4.78, 5) is 17.7. The van der Waals surface area contributed by atoms with E-state index in [0.717, 1.165) is 23.0 Å². The Balaban J connectivity index is 2.14. The highest BCUT2D eigenvalue weighted by Gasteiger charge is 2.17. The van der Waals surface area contributed by atoms with E-state index in [9.17, 15) is 4.79 Å². The second-order valence-corrected chi connectivity index (χ2v) is 5.31. The molecule has 0 atom stereocenters. The lowest BCUT2D eigenvalue weighted by Crippen LogP contribution is -2.36. The summed E-state index contributed by atoms with van der Waals surface area (Å²) in [5.41, 5.74) is 1.73. The van der Waals surface area contributed by atoms with Gasteiger partial charge in [0.1, 0.15) is 0 Å². The van der Waals surface area contributed by atoms with E-state index in [4.69, 9.17) is 5.11 Å². The maximum absolute atomic E-state index is 12.5. The predicted octanol–water partition coefficient (Wildman–Crippen LogP) is 2.44. The third-order valence-electron chi connectivity index (χ3n) is 3.57. The molecule has 0 saturated carbocycles. The van der Waals surface area contributed by atoms with E-state index in [2.05, 4.69) is 23.7 Å². The van der Waals surface area contributed by atoms with Gasteiger partial charge in [0.15, 0.2) is 5.78 Å². The molecule has 1 aromatic heterocycles. The van der Waals surface area contributed by atoms with Crippen LogP contribution >= 0.6 is 0 Å². The van der Waals surface area contributed by atoms with Crippen molar-refractivity contribution in [2.45, 2.75) is 26.3 Å². The average molecular weight is 274 g/mol. The van der Waals surface area contributed by atoms with Gasteiger partial charge in [0.05, 0.1) is 6.54 Å². The van der Waals surface area contributed by atoms with Gasteiger partial charge in [-0.2, -0.15) is 0 Å². The Labute approximate surface area is 119 Å². The van der Waals surface area contributed by atoms with E-state index in [-0.39, 0.29) is 18.4 Å². The summed E-state index contributed by atoms with van der Waals surface area (Å²) >= 11 is 0. The lowest BCUT2D eigenvalue weighted by Gasteiger charge is -2.25. The van der Waals surface area contributed by atoms with Crippen LogP contribution in [0.25, 0.3) is 10.9 Å². The molecule has 0 radical (unpaired) electrons. The Morgan fingerprint density at radius 2 is 2.10 bits per heavy atom. The van der Waals surface area contributed by atoms with Crippen molar-refractivity contribution in [3.63, 3.8) is 0 Å². The number of aromatic amines is 1. The number of nitrogens with one attached hydrogen (secondary N) is 1. The molecule has 2 aromatic rings. The standard InChI is InChI=1S/C16H22N2O2/c1-12(2)18(8-5-9-19)11-16(20)14-10-17-15-7-4-3-6-13(14)15/h3-4,6-7,10,12,17,19H,5,8-9,11H2,1-2H3. The minimum atomic E-state index is 0.120.